The largest absolute Gasteiger partial charge is 0.391 e. The van der Waals surface area contributed by atoms with E-state index < -0.39 is 0 Å². The number of aliphatic hydroxyl groups excluding tert-OH is 1. The number of nitrogens with zero attached hydrogens (tertiary/aromatic N) is 1. The lowest BCUT2D eigenvalue weighted by molar-refractivity contribution is -0.138. The van der Waals surface area contributed by atoms with Crippen molar-refractivity contribution >= 4 is 5.91 Å². The van der Waals surface area contributed by atoms with Crippen molar-refractivity contribution in [2.24, 2.45) is 5.41 Å². The number of piperidine rings is 1. The Hall–Kier alpha value is -0.570. The summed E-state index contributed by atoms with van der Waals surface area (Å²) in [5.41, 5.74) is -0.0427. The number of rotatable bonds is 5. The van der Waals surface area contributed by atoms with Crippen LogP contribution >= 0.6 is 0 Å². The number of aliphatic hydroxyl groups is 1. The zero-order valence-electron chi connectivity index (χ0n) is 11.5. The van der Waals surface area contributed by atoms with Crippen molar-refractivity contribution in [2.45, 2.75) is 65.4 Å². The number of β-amino-alcohol motifs (C(OH)–C–C–N with tert-alkyl or cyclic N) is 1. The minimum atomic E-state index is -0.379. The first-order valence-electron chi connectivity index (χ1n) is 6.93. The van der Waals surface area contributed by atoms with Gasteiger partial charge < -0.3 is 10.0 Å². The van der Waals surface area contributed by atoms with Crippen LogP contribution in [0, 0.1) is 5.41 Å². The smallest absolute Gasteiger partial charge is 0.222 e. The second-order valence-corrected chi connectivity index (χ2v) is 5.90. The van der Waals surface area contributed by atoms with Gasteiger partial charge in [-0.05, 0) is 18.3 Å². The van der Waals surface area contributed by atoms with Gasteiger partial charge >= 0.3 is 0 Å². The van der Waals surface area contributed by atoms with Gasteiger partial charge in [-0.15, -0.1) is 0 Å². The summed E-state index contributed by atoms with van der Waals surface area (Å²) in [6.07, 6.45) is 5.71. The molecule has 1 rings (SSSR count). The van der Waals surface area contributed by atoms with Crippen molar-refractivity contribution < 1.29 is 9.90 Å². The number of likely N-dealkylation sites (tertiary alicyclic amines) is 1. The van der Waals surface area contributed by atoms with E-state index in [2.05, 4.69) is 20.8 Å². The summed E-state index contributed by atoms with van der Waals surface area (Å²) in [6, 6.07) is 0. The fourth-order valence-electron chi connectivity index (χ4n) is 2.22. The Balaban J connectivity index is 2.29. The fourth-order valence-corrected chi connectivity index (χ4v) is 2.22. The maximum atomic E-state index is 11.9. The van der Waals surface area contributed by atoms with Gasteiger partial charge in [0.25, 0.3) is 0 Å². The molecule has 0 spiro atoms. The van der Waals surface area contributed by atoms with E-state index in [9.17, 15) is 9.90 Å². The first-order chi connectivity index (χ1) is 7.97. The minimum Gasteiger partial charge on any atom is -0.391 e. The van der Waals surface area contributed by atoms with Gasteiger partial charge in [0.05, 0.1) is 6.10 Å². The molecule has 1 fully saturated rings. The zero-order chi connectivity index (χ0) is 12.9. The number of unbranched alkanes of at least 4 members (excludes halogenated alkanes) is 3. The predicted molar refractivity (Wildman–Crippen MR) is 69.7 cm³/mol. The van der Waals surface area contributed by atoms with E-state index in [1.165, 1.54) is 12.8 Å². The number of hydrogen-bond donors (Lipinski definition) is 1. The molecule has 1 heterocycles. The molecule has 1 saturated heterocycles. The van der Waals surface area contributed by atoms with Crippen molar-refractivity contribution in [1.82, 2.24) is 4.90 Å². The topological polar surface area (TPSA) is 40.5 Å². The Morgan fingerprint density at radius 2 is 2.06 bits per heavy atom. The van der Waals surface area contributed by atoms with E-state index >= 15 is 0 Å². The number of hydrogen-bond acceptors (Lipinski definition) is 2. The van der Waals surface area contributed by atoms with Crippen LogP contribution in [0.25, 0.3) is 0 Å². The summed E-state index contributed by atoms with van der Waals surface area (Å²) in [5, 5.41) is 9.97. The van der Waals surface area contributed by atoms with E-state index in [-0.39, 0.29) is 17.4 Å². The van der Waals surface area contributed by atoms with E-state index in [4.69, 9.17) is 0 Å². The van der Waals surface area contributed by atoms with E-state index in [0.717, 1.165) is 25.8 Å². The van der Waals surface area contributed by atoms with Crippen LogP contribution in [0.5, 0.6) is 0 Å². The highest BCUT2D eigenvalue weighted by atomic mass is 16.3. The Morgan fingerprint density at radius 1 is 1.35 bits per heavy atom. The number of carbonyl (C=O) groups is 1. The molecule has 1 aliphatic rings. The SMILES string of the molecule is CCCCCCC(=O)N1CCC(C)(C)C(O)C1. The lowest BCUT2D eigenvalue weighted by atomic mass is 9.80. The van der Waals surface area contributed by atoms with E-state index in [0.29, 0.717) is 13.0 Å². The third kappa shape index (κ3) is 4.30. The van der Waals surface area contributed by atoms with Crippen molar-refractivity contribution in [1.29, 1.82) is 0 Å². The first kappa shape index (κ1) is 14.5. The average Bonchev–Trinajstić information content (AvgIpc) is 2.28. The predicted octanol–water partition coefficient (Wildman–Crippen LogP) is 2.58. The van der Waals surface area contributed by atoms with Gasteiger partial charge in [-0.1, -0.05) is 40.0 Å². The third-order valence-electron chi connectivity index (χ3n) is 3.92. The second kappa shape index (κ2) is 6.39. The van der Waals surface area contributed by atoms with Gasteiger partial charge in [-0.3, -0.25) is 4.79 Å². The maximum Gasteiger partial charge on any atom is 0.222 e. The Labute approximate surface area is 105 Å². The van der Waals surface area contributed by atoms with Crippen LogP contribution in [-0.2, 0) is 4.79 Å². The summed E-state index contributed by atoms with van der Waals surface area (Å²) in [4.78, 5) is 13.8. The van der Waals surface area contributed by atoms with Crippen molar-refractivity contribution in [3.63, 3.8) is 0 Å². The van der Waals surface area contributed by atoms with Gasteiger partial charge in [-0.25, -0.2) is 0 Å². The Bertz CT molecular complexity index is 251. The quantitative estimate of drug-likeness (QED) is 0.752. The lowest BCUT2D eigenvalue weighted by Crippen LogP contribution is -2.50. The Kier molecular flexibility index (Phi) is 5.44. The molecular weight excluding hydrogens is 214 g/mol. The molecule has 0 saturated carbocycles. The summed E-state index contributed by atoms with van der Waals surface area (Å²) >= 11 is 0. The highest BCUT2D eigenvalue weighted by Crippen LogP contribution is 2.30. The average molecular weight is 241 g/mol. The molecule has 1 unspecified atom stereocenters. The van der Waals surface area contributed by atoms with Gasteiger partial charge in [0.1, 0.15) is 0 Å². The van der Waals surface area contributed by atoms with Crippen molar-refractivity contribution in [3.05, 3.63) is 0 Å². The second-order valence-electron chi connectivity index (χ2n) is 5.90. The molecule has 0 aliphatic carbocycles. The molecule has 0 aromatic carbocycles. The lowest BCUT2D eigenvalue weighted by Gasteiger charge is -2.41. The molecule has 3 heteroatoms. The van der Waals surface area contributed by atoms with E-state index in [1.54, 1.807) is 0 Å². The van der Waals surface area contributed by atoms with Crippen molar-refractivity contribution in [2.75, 3.05) is 13.1 Å². The summed E-state index contributed by atoms with van der Waals surface area (Å²) < 4.78 is 0. The number of carbonyl (C=O) groups excluding carboxylic acids is 1. The molecule has 0 aromatic rings. The minimum absolute atomic E-state index is 0.0427. The van der Waals surface area contributed by atoms with Gasteiger partial charge in [-0.2, -0.15) is 0 Å². The highest BCUT2D eigenvalue weighted by Gasteiger charge is 2.35. The molecule has 1 N–H and O–H groups in total. The van der Waals surface area contributed by atoms with Gasteiger partial charge in [0.15, 0.2) is 0 Å². The third-order valence-corrected chi connectivity index (χ3v) is 3.92. The van der Waals surface area contributed by atoms with E-state index in [1.807, 2.05) is 4.90 Å². The molecule has 100 valence electrons. The monoisotopic (exact) mass is 241 g/mol. The van der Waals surface area contributed by atoms with Crippen molar-refractivity contribution in [3.8, 4) is 0 Å². The molecule has 3 nitrogen and oxygen atoms in total. The van der Waals surface area contributed by atoms with Crippen LogP contribution in [0.15, 0.2) is 0 Å². The summed E-state index contributed by atoms with van der Waals surface area (Å²) in [5.74, 6) is 0.218. The molecule has 0 radical (unpaired) electrons. The maximum absolute atomic E-state index is 11.9. The summed E-state index contributed by atoms with van der Waals surface area (Å²) in [6.45, 7) is 7.63. The van der Waals surface area contributed by atoms with Crippen LogP contribution in [-0.4, -0.2) is 35.1 Å². The van der Waals surface area contributed by atoms with Gasteiger partial charge in [0, 0.05) is 19.5 Å². The van der Waals surface area contributed by atoms with Crippen LogP contribution in [0.1, 0.15) is 59.3 Å². The highest BCUT2D eigenvalue weighted by molar-refractivity contribution is 5.76. The molecule has 1 amide bonds. The summed E-state index contributed by atoms with van der Waals surface area (Å²) in [7, 11) is 0. The van der Waals surface area contributed by atoms with Crippen LogP contribution in [0.4, 0.5) is 0 Å². The molecule has 17 heavy (non-hydrogen) atoms. The van der Waals surface area contributed by atoms with Crippen LogP contribution in [0.2, 0.25) is 0 Å². The molecule has 1 atom stereocenters. The molecule has 0 bridgehead atoms. The zero-order valence-corrected chi connectivity index (χ0v) is 11.5. The Morgan fingerprint density at radius 3 is 2.65 bits per heavy atom. The van der Waals surface area contributed by atoms with Gasteiger partial charge in [0.2, 0.25) is 5.91 Å². The standard InChI is InChI=1S/C14H27NO2/c1-4-5-6-7-8-13(17)15-10-9-14(2,3)12(16)11-15/h12,16H,4-11H2,1-3H3. The van der Waals surface area contributed by atoms with Crippen LogP contribution in [0.3, 0.4) is 0 Å². The first-order valence-corrected chi connectivity index (χ1v) is 6.93. The molecular formula is C14H27NO2. The molecule has 0 aromatic heterocycles. The van der Waals surface area contributed by atoms with Crippen LogP contribution < -0.4 is 0 Å². The molecule has 1 aliphatic heterocycles. The fraction of sp³-hybridized carbons (Fsp3) is 0.929. The normalized spacial score (nSPS) is 23.8. The number of amides is 1.